The van der Waals surface area contributed by atoms with Crippen molar-refractivity contribution in [3.05, 3.63) is 34.3 Å². The standard InChI is InChI=1S/C14H18N2O4/c1-2-16-10-4-3-9(7-11(10)20-14(16)17)13(15)12-8-18-5-6-19-12/h3-4,7,12-13H,2,5-6,8,15H2,1H3. The fourth-order valence-electron chi connectivity index (χ4n) is 2.52. The van der Waals surface area contributed by atoms with Crippen molar-refractivity contribution in [1.29, 1.82) is 0 Å². The van der Waals surface area contributed by atoms with E-state index in [0.29, 0.717) is 31.9 Å². The number of benzene rings is 1. The topological polar surface area (TPSA) is 79.6 Å². The second-order valence-electron chi connectivity index (χ2n) is 4.85. The van der Waals surface area contributed by atoms with E-state index in [1.54, 1.807) is 4.57 Å². The Morgan fingerprint density at radius 1 is 1.45 bits per heavy atom. The van der Waals surface area contributed by atoms with Crippen LogP contribution in [0.25, 0.3) is 11.1 Å². The van der Waals surface area contributed by atoms with Crippen molar-refractivity contribution in [3.8, 4) is 0 Å². The summed E-state index contributed by atoms with van der Waals surface area (Å²) >= 11 is 0. The van der Waals surface area contributed by atoms with Gasteiger partial charge in [-0.1, -0.05) is 6.07 Å². The van der Waals surface area contributed by atoms with Gasteiger partial charge in [-0.3, -0.25) is 4.57 Å². The van der Waals surface area contributed by atoms with Gasteiger partial charge in [-0.25, -0.2) is 4.79 Å². The van der Waals surface area contributed by atoms with Gasteiger partial charge in [0.05, 0.1) is 31.4 Å². The molecule has 6 nitrogen and oxygen atoms in total. The predicted molar refractivity (Wildman–Crippen MR) is 73.6 cm³/mol. The molecule has 1 saturated heterocycles. The molecule has 2 aromatic rings. The number of oxazole rings is 1. The van der Waals surface area contributed by atoms with Crippen molar-refractivity contribution in [2.75, 3.05) is 19.8 Å². The summed E-state index contributed by atoms with van der Waals surface area (Å²) in [6.07, 6.45) is -0.166. The lowest BCUT2D eigenvalue weighted by molar-refractivity contribution is -0.0975. The minimum absolute atomic E-state index is 0.166. The van der Waals surface area contributed by atoms with Crippen molar-refractivity contribution < 1.29 is 13.9 Å². The average Bonchev–Trinajstić information content (AvgIpc) is 2.81. The fraction of sp³-hybridized carbons (Fsp3) is 0.500. The van der Waals surface area contributed by atoms with E-state index >= 15 is 0 Å². The molecule has 1 aliphatic heterocycles. The Kier molecular flexibility index (Phi) is 3.60. The number of nitrogens with two attached hydrogens (primary N) is 1. The van der Waals surface area contributed by atoms with E-state index in [0.717, 1.165) is 11.1 Å². The molecule has 2 N–H and O–H groups in total. The van der Waals surface area contributed by atoms with Gasteiger partial charge in [0.25, 0.3) is 0 Å². The van der Waals surface area contributed by atoms with E-state index in [9.17, 15) is 4.79 Å². The average molecular weight is 278 g/mol. The number of fused-ring (bicyclic) bond motifs is 1. The summed E-state index contributed by atoms with van der Waals surface area (Å²) in [5.74, 6) is -0.342. The molecule has 0 amide bonds. The molecule has 20 heavy (non-hydrogen) atoms. The first kappa shape index (κ1) is 13.4. The third-order valence-electron chi connectivity index (χ3n) is 3.64. The zero-order chi connectivity index (χ0) is 14.1. The minimum Gasteiger partial charge on any atom is -0.408 e. The Morgan fingerprint density at radius 3 is 3.00 bits per heavy atom. The largest absolute Gasteiger partial charge is 0.419 e. The molecule has 0 bridgehead atoms. The Bertz CT molecular complexity index is 655. The molecule has 108 valence electrons. The molecule has 2 unspecified atom stereocenters. The highest BCUT2D eigenvalue weighted by Gasteiger charge is 2.24. The molecule has 2 heterocycles. The van der Waals surface area contributed by atoms with Crippen molar-refractivity contribution in [2.24, 2.45) is 5.73 Å². The highest BCUT2D eigenvalue weighted by atomic mass is 16.6. The Labute approximate surface area is 116 Å². The number of aryl methyl sites for hydroxylation is 1. The predicted octanol–water partition coefficient (Wildman–Crippen LogP) is 1.03. The van der Waals surface area contributed by atoms with Crippen molar-refractivity contribution >= 4 is 11.1 Å². The van der Waals surface area contributed by atoms with Gasteiger partial charge >= 0.3 is 5.76 Å². The van der Waals surface area contributed by atoms with E-state index in [1.165, 1.54) is 0 Å². The van der Waals surface area contributed by atoms with Gasteiger partial charge in [0, 0.05) is 6.54 Å². The summed E-state index contributed by atoms with van der Waals surface area (Å²) in [6.45, 7) is 4.14. The van der Waals surface area contributed by atoms with Crippen LogP contribution in [0.1, 0.15) is 18.5 Å². The molecule has 0 radical (unpaired) electrons. The SMILES string of the molecule is CCn1c(=O)oc2cc(C(N)C3COCCO3)ccc21. The lowest BCUT2D eigenvalue weighted by atomic mass is 10.0. The molecule has 3 rings (SSSR count). The molecular formula is C14H18N2O4. The van der Waals surface area contributed by atoms with Crippen LogP contribution in [-0.4, -0.2) is 30.5 Å². The molecule has 1 aromatic heterocycles. The molecule has 0 spiro atoms. The Balaban J connectivity index is 1.94. The van der Waals surface area contributed by atoms with Crippen LogP contribution in [-0.2, 0) is 16.0 Å². The van der Waals surface area contributed by atoms with Crippen LogP contribution in [0.5, 0.6) is 0 Å². The van der Waals surface area contributed by atoms with E-state index < -0.39 is 0 Å². The zero-order valence-electron chi connectivity index (χ0n) is 11.4. The molecule has 1 aliphatic rings. The monoisotopic (exact) mass is 278 g/mol. The van der Waals surface area contributed by atoms with Gasteiger partial charge in [-0.15, -0.1) is 0 Å². The van der Waals surface area contributed by atoms with Gasteiger partial charge in [0.2, 0.25) is 0 Å². The minimum atomic E-state index is -0.342. The summed E-state index contributed by atoms with van der Waals surface area (Å²) in [5.41, 5.74) is 8.43. The number of hydrogen-bond donors (Lipinski definition) is 1. The van der Waals surface area contributed by atoms with Crippen molar-refractivity contribution in [1.82, 2.24) is 4.57 Å². The third kappa shape index (κ3) is 2.26. The van der Waals surface area contributed by atoms with Crippen LogP contribution in [0.15, 0.2) is 27.4 Å². The second kappa shape index (κ2) is 5.40. The zero-order valence-corrected chi connectivity index (χ0v) is 11.4. The van der Waals surface area contributed by atoms with E-state index in [2.05, 4.69) is 0 Å². The third-order valence-corrected chi connectivity index (χ3v) is 3.64. The molecule has 2 atom stereocenters. The Hall–Kier alpha value is -1.63. The molecule has 0 saturated carbocycles. The van der Waals surface area contributed by atoms with Gasteiger partial charge in [0.15, 0.2) is 5.58 Å². The maximum absolute atomic E-state index is 11.7. The fourth-order valence-corrected chi connectivity index (χ4v) is 2.52. The maximum atomic E-state index is 11.7. The highest BCUT2D eigenvalue weighted by molar-refractivity contribution is 5.74. The van der Waals surface area contributed by atoms with Crippen LogP contribution >= 0.6 is 0 Å². The number of hydrogen-bond acceptors (Lipinski definition) is 5. The quantitative estimate of drug-likeness (QED) is 0.907. The lowest BCUT2D eigenvalue weighted by Gasteiger charge is -2.28. The lowest BCUT2D eigenvalue weighted by Crippen LogP contribution is -2.37. The first-order valence-electron chi connectivity index (χ1n) is 6.79. The molecular weight excluding hydrogens is 260 g/mol. The number of ether oxygens (including phenoxy) is 2. The molecule has 6 heteroatoms. The van der Waals surface area contributed by atoms with Crippen LogP contribution in [0.3, 0.4) is 0 Å². The van der Waals surface area contributed by atoms with Gasteiger partial charge in [-0.05, 0) is 24.6 Å². The first-order chi connectivity index (χ1) is 9.70. The van der Waals surface area contributed by atoms with Crippen LogP contribution in [0, 0.1) is 0 Å². The van der Waals surface area contributed by atoms with E-state index in [4.69, 9.17) is 19.6 Å². The Morgan fingerprint density at radius 2 is 2.30 bits per heavy atom. The van der Waals surface area contributed by atoms with Gasteiger partial charge < -0.3 is 19.6 Å². The van der Waals surface area contributed by atoms with E-state index in [-0.39, 0.29) is 17.9 Å². The highest BCUT2D eigenvalue weighted by Crippen LogP contribution is 2.23. The van der Waals surface area contributed by atoms with Crippen molar-refractivity contribution in [3.63, 3.8) is 0 Å². The smallest absolute Gasteiger partial charge is 0.408 e. The van der Waals surface area contributed by atoms with Crippen LogP contribution in [0.2, 0.25) is 0 Å². The summed E-state index contributed by atoms with van der Waals surface area (Å²) in [5, 5.41) is 0. The normalized spacial score (nSPS) is 21.2. The number of aromatic nitrogens is 1. The summed E-state index contributed by atoms with van der Waals surface area (Å²) in [7, 11) is 0. The molecule has 1 fully saturated rings. The first-order valence-corrected chi connectivity index (χ1v) is 6.79. The van der Waals surface area contributed by atoms with Gasteiger partial charge in [-0.2, -0.15) is 0 Å². The van der Waals surface area contributed by atoms with Crippen LogP contribution in [0.4, 0.5) is 0 Å². The van der Waals surface area contributed by atoms with Gasteiger partial charge in [0.1, 0.15) is 6.10 Å². The summed E-state index contributed by atoms with van der Waals surface area (Å²) in [6, 6.07) is 5.29. The maximum Gasteiger partial charge on any atom is 0.419 e. The summed E-state index contributed by atoms with van der Waals surface area (Å²) in [4.78, 5) is 11.7. The van der Waals surface area contributed by atoms with Crippen molar-refractivity contribution in [2.45, 2.75) is 25.6 Å². The summed E-state index contributed by atoms with van der Waals surface area (Å²) < 4.78 is 17.8. The molecule has 0 aliphatic carbocycles. The number of rotatable bonds is 3. The second-order valence-corrected chi connectivity index (χ2v) is 4.85. The number of nitrogens with zero attached hydrogens (tertiary/aromatic N) is 1. The van der Waals surface area contributed by atoms with E-state index in [1.807, 2.05) is 25.1 Å². The molecule has 1 aromatic carbocycles. The van der Waals surface area contributed by atoms with Crippen LogP contribution < -0.4 is 11.5 Å².